The number of hydrogen-bond acceptors (Lipinski definition) is 7. The molecule has 1 amide bonds. The summed E-state index contributed by atoms with van der Waals surface area (Å²) in [6, 6.07) is 5.40. The Kier molecular flexibility index (Phi) is 5.13. The summed E-state index contributed by atoms with van der Waals surface area (Å²) in [5.74, 6) is 1.30. The Morgan fingerprint density at radius 3 is 2.63 bits per heavy atom. The minimum atomic E-state index is -0.770. The summed E-state index contributed by atoms with van der Waals surface area (Å²) in [7, 11) is 1.63. The maximum atomic E-state index is 12.5. The van der Waals surface area contributed by atoms with Gasteiger partial charge in [-0.3, -0.25) is 19.3 Å². The molecule has 0 saturated heterocycles. The van der Waals surface area contributed by atoms with Gasteiger partial charge in [0.05, 0.1) is 18.6 Å². The summed E-state index contributed by atoms with van der Waals surface area (Å²) >= 11 is 0. The minimum absolute atomic E-state index is 0.108. The molecule has 1 N–H and O–H groups in total. The molecule has 0 bridgehead atoms. The number of methoxy groups -OCH3 is 1. The van der Waals surface area contributed by atoms with Gasteiger partial charge < -0.3 is 10.1 Å². The van der Waals surface area contributed by atoms with Crippen molar-refractivity contribution < 1.29 is 19.3 Å². The van der Waals surface area contributed by atoms with Crippen molar-refractivity contribution in [2.75, 3.05) is 19.0 Å². The van der Waals surface area contributed by atoms with E-state index in [0.717, 1.165) is 16.7 Å². The van der Waals surface area contributed by atoms with E-state index >= 15 is 0 Å². The quantitative estimate of drug-likeness (QED) is 0.473. The van der Waals surface area contributed by atoms with Gasteiger partial charge in [-0.15, -0.1) is 5.10 Å². The summed E-state index contributed by atoms with van der Waals surface area (Å²) in [5, 5.41) is 7.21. The third-order valence-corrected chi connectivity index (χ3v) is 5.01. The summed E-state index contributed by atoms with van der Waals surface area (Å²) in [6.07, 6.45) is 5.24. The van der Waals surface area contributed by atoms with E-state index in [9.17, 15) is 4.79 Å². The zero-order valence-corrected chi connectivity index (χ0v) is 17.3. The van der Waals surface area contributed by atoms with Crippen molar-refractivity contribution in [2.24, 2.45) is 0 Å². The van der Waals surface area contributed by atoms with E-state index in [1.807, 2.05) is 32.9 Å². The van der Waals surface area contributed by atoms with Crippen LogP contribution >= 0.6 is 0 Å². The number of carbonyl (C=O) groups is 1. The molecular formula is C21H23N5O4. The number of nitrogens with one attached hydrogen (secondary N) is 1. The van der Waals surface area contributed by atoms with Gasteiger partial charge >= 0.3 is 0 Å². The molecule has 3 aromatic rings. The maximum Gasteiger partial charge on any atom is 0.287 e. The van der Waals surface area contributed by atoms with E-state index in [1.54, 1.807) is 36.4 Å². The lowest BCUT2D eigenvalue weighted by Crippen LogP contribution is -2.27. The molecule has 1 aliphatic heterocycles. The Morgan fingerprint density at radius 1 is 1.13 bits per heavy atom. The number of hydrogen-bond donors (Lipinski definition) is 1. The minimum Gasteiger partial charge on any atom is -0.383 e. The maximum absolute atomic E-state index is 12.5. The van der Waals surface area contributed by atoms with Crippen LogP contribution in [0.2, 0.25) is 0 Å². The SMILES string of the molecule is COCCn1ccc(OOc2cc(-c3cnc(C)nc3)cc3c2C(C)(C)C(=O)N3)n1. The first-order chi connectivity index (χ1) is 14.4. The summed E-state index contributed by atoms with van der Waals surface area (Å²) in [4.78, 5) is 32.2. The first kappa shape index (κ1) is 19.8. The van der Waals surface area contributed by atoms with Crippen LogP contribution in [0.5, 0.6) is 11.6 Å². The highest BCUT2D eigenvalue weighted by Gasteiger charge is 2.42. The lowest BCUT2D eigenvalue weighted by Gasteiger charge is -2.18. The molecule has 0 aliphatic carbocycles. The van der Waals surface area contributed by atoms with Crippen molar-refractivity contribution in [1.82, 2.24) is 19.7 Å². The lowest BCUT2D eigenvalue weighted by atomic mass is 9.84. The summed E-state index contributed by atoms with van der Waals surface area (Å²) < 4.78 is 6.74. The fourth-order valence-electron chi connectivity index (χ4n) is 3.31. The molecule has 4 rings (SSSR count). The first-order valence-corrected chi connectivity index (χ1v) is 9.54. The number of carbonyl (C=O) groups excluding carboxylic acids is 1. The molecule has 1 aromatic carbocycles. The molecule has 0 atom stereocenters. The van der Waals surface area contributed by atoms with E-state index < -0.39 is 5.41 Å². The van der Waals surface area contributed by atoms with Crippen LogP contribution in [0.1, 0.15) is 25.2 Å². The number of aromatic nitrogens is 4. The van der Waals surface area contributed by atoms with E-state index in [0.29, 0.717) is 36.3 Å². The standard InChI is InChI=1S/C21H23N5O4/c1-13-22-11-15(12-23-13)14-9-16-19(21(2,3)20(27)24-16)17(10-14)29-30-18-5-6-26(25-18)7-8-28-4/h5-6,9-12H,7-8H2,1-4H3,(H,24,27). The second-order valence-electron chi connectivity index (χ2n) is 7.57. The van der Waals surface area contributed by atoms with Gasteiger partial charge in [0, 0.05) is 48.6 Å². The van der Waals surface area contributed by atoms with E-state index in [4.69, 9.17) is 14.5 Å². The van der Waals surface area contributed by atoms with E-state index in [-0.39, 0.29) is 5.91 Å². The zero-order valence-electron chi connectivity index (χ0n) is 17.3. The third-order valence-electron chi connectivity index (χ3n) is 5.01. The van der Waals surface area contributed by atoms with Crippen molar-refractivity contribution >= 4 is 11.6 Å². The van der Waals surface area contributed by atoms with Crippen LogP contribution in [0, 0.1) is 6.92 Å². The number of aryl methyl sites for hydroxylation is 1. The Hall–Kier alpha value is -3.46. The summed E-state index contributed by atoms with van der Waals surface area (Å²) in [5.41, 5.74) is 2.23. The molecule has 9 nitrogen and oxygen atoms in total. The number of amides is 1. The van der Waals surface area contributed by atoms with E-state index in [2.05, 4.69) is 20.4 Å². The fourth-order valence-corrected chi connectivity index (χ4v) is 3.31. The molecule has 0 spiro atoms. The van der Waals surface area contributed by atoms with Crippen molar-refractivity contribution in [2.45, 2.75) is 32.7 Å². The third kappa shape index (κ3) is 3.71. The van der Waals surface area contributed by atoms with Crippen LogP contribution in [0.25, 0.3) is 11.1 Å². The van der Waals surface area contributed by atoms with Gasteiger partial charge in [0.25, 0.3) is 5.88 Å². The zero-order chi connectivity index (χ0) is 21.3. The molecular weight excluding hydrogens is 386 g/mol. The predicted molar refractivity (Wildman–Crippen MR) is 109 cm³/mol. The van der Waals surface area contributed by atoms with Crippen molar-refractivity contribution in [3.8, 4) is 22.8 Å². The molecule has 0 saturated carbocycles. The predicted octanol–water partition coefficient (Wildman–Crippen LogP) is 2.90. The Morgan fingerprint density at radius 2 is 1.90 bits per heavy atom. The van der Waals surface area contributed by atoms with Gasteiger partial charge in [0.15, 0.2) is 5.75 Å². The van der Waals surface area contributed by atoms with Crippen LogP contribution in [0.4, 0.5) is 5.69 Å². The van der Waals surface area contributed by atoms with E-state index in [1.165, 1.54) is 0 Å². The van der Waals surface area contributed by atoms with Crippen LogP contribution in [0.15, 0.2) is 36.8 Å². The molecule has 30 heavy (non-hydrogen) atoms. The normalized spacial score (nSPS) is 14.3. The number of anilines is 1. The average Bonchev–Trinajstić information content (AvgIpc) is 3.27. The highest BCUT2D eigenvalue weighted by molar-refractivity contribution is 6.07. The van der Waals surface area contributed by atoms with Crippen molar-refractivity contribution in [3.63, 3.8) is 0 Å². The average molecular weight is 409 g/mol. The lowest BCUT2D eigenvalue weighted by molar-refractivity contribution is -0.120. The molecule has 1 aliphatic rings. The summed E-state index contributed by atoms with van der Waals surface area (Å²) in [6.45, 7) is 6.65. The van der Waals surface area contributed by atoms with Gasteiger partial charge in [0.2, 0.25) is 5.91 Å². The molecule has 2 aromatic heterocycles. The Balaban J connectivity index is 1.66. The molecule has 0 radical (unpaired) electrons. The van der Waals surface area contributed by atoms with Crippen LogP contribution < -0.4 is 15.1 Å². The van der Waals surface area contributed by atoms with Crippen molar-refractivity contribution in [3.05, 3.63) is 48.2 Å². The van der Waals surface area contributed by atoms with Crippen LogP contribution in [-0.4, -0.2) is 39.4 Å². The first-order valence-electron chi connectivity index (χ1n) is 9.54. The smallest absolute Gasteiger partial charge is 0.287 e. The number of nitrogens with zero attached hydrogens (tertiary/aromatic N) is 4. The molecule has 3 heterocycles. The van der Waals surface area contributed by atoms with Crippen LogP contribution in [0.3, 0.4) is 0 Å². The van der Waals surface area contributed by atoms with Gasteiger partial charge in [0.1, 0.15) is 5.82 Å². The van der Waals surface area contributed by atoms with Gasteiger partial charge in [-0.05, 0) is 38.5 Å². The monoisotopic (exact) mass is 409 g/mol. The van der Waals surface area contributed by atoms with Gasteiger partial charge in [-0.1, -0.05) is 0 Å². The van der Waals surface area contributed by atoms with Gasteiger partial charge in [-0.2, -0.15) is 0 Å². The molecule has 9 heteroatoms. The Bertz CT molecular complexity index is 1080. The Labute approximate surface area is 173 Å². The molecule has 156 valence electrons. The van der Waals surface area contributed by atoms with Crippen molar-refractivity contribution in [1.29, 1.82) is 0 Å². The highest BCUT2D eigenvalue weighted by Crippen LogP contribution is 2.45. The second-order valence-corrected chi connectivity index (χ2v) is 7.57. The second kappa shape index (κ2) is 7.75. The molecule has 0 unspecified atom stereocenters. The topological polar surface area (TPSA) is 100 Å². The highest BCUT2D eigenvalue weighted by atomic mass is 17.2. The number of benzene rings is 1. The van der Waals surface area contributed by atoms with Gasteiger partial charge in [-0.25, -0.2) is 9.97 Å². The fraction of sp³-hybridized carbons (Fsp3) is 0.333. The number of fused-ring (bicyclic) bond motifs is 1. The number of rotatable bonds is 7. The number of ether oxygens (including phenoxy) is 1. The van der Waals surface area contributed by atoms with Crippen LogP contribution in [-0.2, 0) is 21.5 Å². The largest absolute Gasteiger partial charge is 0.383 e. The molecule has 0 fully saturated rings.